The third-order valence-electron chi connectivity index (χ3n) is 2.27. The van der Waals surface area contributed by atoms with Gasteiger partial charge in [-0.2, -0.15) is 5.26 Å². The molecule has 1 aromatic carbocycles. The fraction of sp³-hybridized carbons (Fsp3) is 0.0769. The van der Waals surface area contributed by atoms with E-state index in [-0.39, 0.29) is 5.56 Å². The monoisotopic (exact) mass is 210 g/mol. The first kappa shape index (κ1) is 10.2. The maximum Gasteiger partial charge on any atom is 0.345 e. The number of benzene rings is 1. The van der Waals surface area contributed by atoms with Crippen molar-refractivity contribution in [2.75, 3.05) is 0 Å². The summed E-state index contributed by atoms with van der Waals surface area (Å²) in [6.45, 7) is 3.65. The standard InChI is InChI=1S/C13H8NO2/c1-2-4-9-5-3-6-11-13(9)10(8-14)7-12(15)16-11/h2-3,5-6H,1,4H2. The van der Waals surface area contributed by atoms with Gasteiger partial charge in [0.05, 0.1) is 11.6 Å². The molecule has 0 N–H and O–H groups in total. The summed E-state index contributed by atoms with van der Waals surface area (Å²) in [7, 11) is 0. The molecule has 2 rings (SSSR count). The van der Waals surface area contributed by atoms with Crippen LogP contribution in [0.25, 0.3) is 11.0 Å². The van der Waals surface area contributed by atoms with Crippen molar-refractivity contribution < 1.29 is 4.42 Å². The summed E-state index contributed by atoms with van der Waals surface area (Å²) in [5.74, 6) is 0. The van der Waals surface area contributed by atoms with Crippen molar-refractivity contribution in [2.45, 2.75) is 6.42 Å². The highest BCUT2D eigenvalue weighted by Crippen LogP contribution is 2.21. The van der Waals surface area contributed by atoms with Gasteiger partial charge in [-0.15, -0.1) is 6.58 Å². The van der Waals surface area contributed by atoms with Crippen molar-refractivity contribution in [3.63, 3.8) is 0 Å². The summed E-state index contributed by atoms with van der Waals surface area (Å²) in [6.07, 6.45) is 2.36. The van der Waals surface area contributed by atoms with Gasteiger partial charge in [0.25, 0.3) is 0 Å². The number of fused-ring (bicyclic) bond motifs is 1. The predicted octanol–water partition coefficient (Wildman–Crippen LogP) is 2.19. The smallest absolute Gasteiger partial charge is 0.345 e. The topological polar surface area (TPSA) is 54.0 Å². The lowest BCUT2D eigenvalue weighted by Crippen LogP contribution is -2.00. The Morgan fingerprint density at radius 2 is 2.38 bits per heavy atom. The molecule has 1 heterocycles. The number of hydrogen-bond donors (Lipinski definition) is 0. The van der Waals surface area contributed by atoms with E-state index in [2.05, 4.69) is 12.6 Å². The highest BCUT2D eigenvalue weighted by Gasteiger charge is 2.09. The summed E-state index contributed by atoms with van der Waals surface area (Å²) in [5.41, 5.74) is 0.923. The molecular formula is C13H8NO2. The highest BCUT2D eigenvalue weighted by molar-refractivity contribution is 5.86. The molecule has 0 atom stereocenters. The van der Waals surface area contributed by atoms with Crippen LogP contribution in [0.15, 0.2) is 40.1 Å². The average Bonchev–Trinajstić information content (AvgIpc) is 2.28. The van der Waals surface area contributed by atoms with Gasteiger partial charge >= 0.3 is 5.63 Å². The van der Waals surface area contributed by atoms with Crippen LogP contribution < -0.4 is 5.63 Å². The molecule has 0 aliphatic carbocycles. The van der Waals surface area contributed by atoms with Crippen LogP contribution in [0.2, 0.25) is 0 Å². The van der Waals surface area contributed by atoms with E-state index in [9.17, 15) is 4.79 Å². The van der Waals surface area contributed by atoms with Crippen LogP contribution >= 0.6 is 0 Å². The lowest BCUT2D eigenvalue weighted by molar-refractivity contribution is 0.558. The molecule has 1 aromatic heterocycles. The largest absolute Gasteiger partial charge is 0.422 e. The van der Waals surface area contributed by atoms with E-state index in [0.29, 0.717) is 17.4 Å². The van der Waals surface area contributed by atoms with Gasteiger partial charge in [0.1, 0.15) is 11.7 Å². The van der Waals surface area contributed by atoms with Gasteiger partial charge in [-0.1, -0.05) is 18.2 Å². The molecule has 0 saturated heterocycles. The maximum atomic E-state index is 11.1. The Morgan fingerprint density at radius 1 is 1.56 bits per heavy atom. The van der Waals surface area contributed by atoms with E-state index in [1.807, 2.05) is 12.1 Å². The first-order chi connectivity index (χ1) is 7.76. The van der Waals surface area contributed by atoms with Crippen molar-refractivity contribution in [3.8, 4) is 6.07 Å². The van der Waals surface area contributed by atoms with Crippen molar-refractivity contribution in [1.82, 2.24) is 0 Å². The predicted molar refractivity (Wildman–Crippen MR) is 59.9 cm³/mol. The fourth-order valence-electron chi connectivity index (χ4n) is 1.64. The van der Waals surface area contributed by atoms with E-state index in [1.54, 1.807) is 18.2 Å². The first-order valence-corrected chi connectivity index (χ1v) is 4.75. The summed E-state index contributed by atoms with van der Waals surface area (Å²) in [6, 6.07) is 9.66. The number of nitrogens with zero attached hydrogens (tertiary/aromatic N) is 1. The molecule has 1 radical (unpaired) electrons. The lowest BCUT2D eigenvalue weighted by atomic mass is 10.0. The molecule has 0 aliphatic heterocycles. The SMILES string of the molecule is C=CCc1cccc2oc(=O)[c]c(C#N)c12. The minimum atomic E-state index is -0.625. The summed E-state index contributed by atoms with van der Waals surface area (Å²) >= 11 is 0. The molecule has 16 heavy (non-hydrogen) atoms. The van der Waals surface area contributed by atoms with Crippen LogP contribution in [0.4, 0.5) is 0 Å². The number of allylic oxidation sites excluding steroid dienone is 1. The molecule has 0 amide bonds. The van der Waals surface area contributed by atoms with Crippen molar-refractivity contribution in [3.05, 3.63) is 58.5 Å². The number of nitriles is 1. The van der Waals surface area contributed by atoms with Crippen LogP contribution in [0.5, 0.6) is 0 Å². The molecule has 0 fully saturated rings. The van der Waals surface area contributed by atoms with Gasteiger partial charge in [0.2, 0.25) is 0 Å². The second kappa shape index (κ2) is 4.03. The van der Waals surface area contributed by atoms with Gasteiger partial charge in [-0.3, -0.25) is 0 Å². The second-order valence-electron chi connectivity index (χ2n) is 3.28. The van der Waals surface area contributed by atoms with Gasteiger partial charge < -0.3 is 4.42 Å². The average molecular weight is 210 g/mol. The quantitative estimate of drug-likeness (QED) is 0.564. The summed E-state index contributed by atoms with van der Waals surface area (Å²) in [4.78, 5) is 11.1. The highest BCUT2D eigenvalue weighted by atomic mass is 16.4. The van der Waals surface area contributed by atoms with Crippen LogP contribution in [0, 0.1) is 17.4 Å². The van der Waals surface area contributed by atoms with Crippen LogP contribution in [0.1, 0.15) is 11.1 Å². The van der Waals surface area contributed by atoms with E-state index >= 15 is 0 Å². The fourth-order valence-corrected chi connectivity index (χ4v) is 1.64. The summed E-state index contributed by atoms with van der Waals surface area (Å²) in [5, 5.41) is 9.61. The summed E-state index contributed by atoms with van der Waals surface area (Å²) < 4.78 is 4.99. The molecule has 0 aliphatic rings. The zero-order valence-corrected chi connectivity index (χ0v) is 8.49. The van der Waals surface area contributed by atoms with E-state index in [4.69, 9.17) is 9.68 Å². The molecule has 2 aromatic rings. The molecular weight excluding hydrogens is 202 g/mol. The second-order valence-corrected chi connectivity index (χ2v) is 3.28. The molecule has 0 bridgehead atoms. The van der Waals surface area contributed by atoms with Gasteiger partial charge in [-0.25, -0.2) is 4.79 Å². The third kappa shape index (κ3) is 1.61. The third-order valence-corrected chi connectivity index (χ3v) is 2.27. The van der Waals surface area contributed by atoms with Crippen LogP contribution in [0.3, 0.4) is 0 Å². The lowest BCUT2D eigenvalue weighted by Gasteiger charge is -2.03. The van der Waals surface area contributed by atoms with Crippen LogP contribution in [-0.2, 0) is 6.42 Å². The zero-order valence-electron chi connectivity index (χ0n) is 8.49. The van der Waals surface area contributed by atoms with E-state index < -0.39 is 5.63 Å². The van der Waals surface area contributed by atoms with Gasteiger partial charge in [0, 0.05) is 5.39 Å². The molecule has 3 nitrogen and oxygen atoms in total. The normalized spacial score (nSPS) is 9.94. The maximum absolute atomic E-state index is 11.1. The number of hydrogen-bond acceptors (Lipinski definition) is 3. The molecule has 0 spiro atoms. The molecule has 3 heteroatoms. The van der Waals surface area contributed by atoms with Gasteiger partial charge in [-0.05, 0) is 18.1 Å². The Balaban J connectivity index is 2.90. The Hall–Kier alpha value is -2.34. The minimum absolute atomic E-state index is 0.226. The van der Waals surface area contributed by atoms with E-state index in [0.717, 1.165) is 5.56 Å². The number of rotatable bonds is 2. The van der Waals surface area contributed by atoms with Crippen molar-refractivity contribution >= 4 is 11.0 Å². The molecule has 77 valence electrons. The van der Waals surface area contributed by atoms with Gasteiger partial charge in [0.15, 0.2) is 0 Å². The minimum Gasteiger partial charge on any atom is -0.422 e. The zero-order chi connectivity index (χ0) is 11.5. The Bertz CT molecular complexity index is 647. The van der Waals surface area contributed by atoms with Crippen LogP contribution in [-0.4, -0.2) is 0 Å². The first-order valence-electron chi connectivity index (χ1n) is 4.75. The Morgan fingerprint density at radius 3 is 3.06 bits per heavy atom. The van der Waals surface area contributed by atoms with E-state index in [1.165, 1.54) is 0 Å². The van der Waals surface area contributed by atoms with Crippen molar-refractivity contribution in [2.24, 2.45) is 0 Å². The Labute approximate surface area is 92.2 Å². The molecule has 0 unspecified atom stereocenters. The Kier molecular flexibility index (Phi) is 2.57. The molecule has 0 saturated carbocycles. The van der Waals surface area contributed by atoms with Crippen molar-refractivity contribution in [1.29, 1.82) is 5.26 Å².